The van der Waals surface area contributed by atoms with Crippen molar-refractivity contribution in [2.75, 3.05) is 27.8 Å². The van der Waals surface area contributed by atoms with E-state index in [4.69, 9.17) is 23.8 Å². The summed E-state index contributed by atoms with van der Waals surface area (Å²) in [5, 5.41) is 0. The standard InChI is InChI=1S/C17H24NO5P/c1-18-9-8-17(7-6-13(11-16(17)18)23-24(19)20)12-4-5-14(21-2)15(10-12)22-3/h4-5,10-11,16,19-20H,6-9H2,1-3H3. The number of benzene rings is 1. The van der Waals surface area contributed by atoms with Gasteiger partial charge in [0.05, 0.1) is 14.2 Å². The second-order valence-electron chi connectivity index (χ2n) is 6.38. The van der Waals surface area contributed by atoms with Crippen LogP contribution in [-0.4, -0.2) is 48.5 Å². The smallest absolute Gasteiger partial charge is 0.391 e. The number of hydrogen-bond donors (Lipinski definition) is 2. The van der Waals surface area contributed by atoms with Crippen molar-refractivity contribution < 1.29 is 23.8 Å². The maximum Gasteiger partial charge on any atom is 0.391 e. The highest BCUT2D eigenvalue weighted by atomic mass is 31.2. The summed E-state index contributed by atoms with van der Waals surface area (Å²) in [5.74, 6) is 2.13. The lowest BCUT2D eigenvalue weighted by molar-refractivity contribution is 0.230. The van der Waals surface area contributed by atoms with E-state index in [-0.39, 0.29) is 11.5 Å². The predicted octanol–water partition coefficient (Wildman–Crippen LogP) is 2.55. The van der Waals surface area contributed by atoms with Crippen LogP contribution in [0.3, 0.4) is 0 Å². The van der Waals surface area contributed by atoms with Crippen LogP contribution in [0.4, 0.5) is 0 Å². The summed E-state index contributed by atoms with van der Waals surface area (Å²) in [7, 11) is 3.01. The minimum atomic E-state index is -2.36. The lowest BCUT2D eigenvalue weighted by Crippen LogP contribution is -2.42. The highest BCUT2D eigenvalue weighted by molar-refractivity contribution is 7.39. The molecule has 1 aliphatic heterocycles. The number of rotatable bonds is 5. The molecule has 1 aromatic carbocycles. The van der Waals surface area contributed by atoms with Crippen LogP contribution in [0, 0.1) is 0 Å². The zero-order valence-electron chi connectivity index (χ0n) is 14.2. The van der Waals surface area contributed by atoms with Gasteiger partial charge >= 0.3 is 8.60 Å². The number of allylic oxidation sites excluding steroid dienone is 1. The van der Waals surface area contributed by atoms with Crippen molar-refractivity contribution in [3.05, 3.63) is 35.6 Å². The average molecular weight is 353 g/mol. The van der Waals surface area contributed by atoms with Gasteiger partial charge in [0.2, 0.25) is 0 Å². The van der Waals surface area contributed by atoms with Gasteiger partial charge in [0, 0.05) is 17.9 Å². The first-order valence-corrected chi connectivity index (χ1v) is 9.16. The molecule has 0 amide bonds. The first-order chi connectivity index (χ1) is 11.5. The van der Waals surface area contributed by atoms with E-state index in [1.54, 1.807) is 14.2 Å². The predicted molar refractivity (Wildman–Crippen MR) is 92.0 cm³/mol. The third-order valence-electron chi connectivity index (χ3n) is 5.27. The number of likely N-dealkylation sites (tertiary alicyclic amines) is 1. The van der Waals surface area contributed by atoms with Crippen molar-refractivity contribution in [2.24, 2.45) is 0 Å². The molecule has 0 radical (unpaired) electrons. The van der Waals surface area contributed by atoms with Crippen LogP contribution < -0.4 is 9.47 Å². The van der Waals surface area contributed by atoms with Crippen molar-refractivity contribution >= 4 is 8.60 Å². The molecule has 2 atom stereocenters. The molecule has 1 saturated heterocycles. The molecule has 6 nitrogen and oxygen atoms in total. The first-order valence-electron chi connectivity index (χ1n) is 7.99. The van der Waals surface area contributed by atoms with E-state index in [1.165, 1.54) is 5.56 Å². The van der Waals surface area contributed by atoms with Crippen LogP contribution in [0.5, 0.6) is 11.5 Å². The zero-order valence-corrected chi connectivity index (χ0v) is 15.1. The van der Waals surface area contributed by atoms with Gasteiger partial charge in [-0.1, -0.05) is 6.07 Å². The fourth-order valence-electron chi connectivity index (χ4n) is 4.04. The Balaban J connectivity index is 1.98. The molecule has 0 spiro atoms. The summed E-state index contributed by atoms with van der Waals surface area (Å²) in [5.41, 5.74) is 1.20. The lowest BCUT2D eigenvalue weighted by atomic mass is 9.68. The van der Waals surface area contributed by atoms with E-state index in [0.29, 0.717) is 12.2 Å². The normalized spacial score (nSPS) is 26.9. The summed E-state index contributed by atoms with van der Waals surface area (Å²) in [6.45, 7) is 0.982. The highest BCUT2D eigenvalue weighted by Crippen LogP contribution is 2.50. The van der Waals surface area contributed by atoms with Crippen LogP contribution in [0.25, 0.3) is 0 Å². The highest BCUT2D eigenvalue weighted by Gasteiger charge is 2.48. The largest absolute Gasteiger partial charge is 0.493 e. The molecule has 7 heteroatoms. The molecule has 1 fully saturated rings. The topological polar surface area (TPSA) is 71.4 Å². The second kappa shape index (κ2) is 6.89. The summed E-state index contributed by atoms with van der Waals surface area (Å²) in [6.07, 6.45) is 4.67. The Morgan fingerprint density at radius 2 is 1.92 bits per heavy atom. The molecule has 0 aromatic heterocycles. The van der Waals surface area contributed by atoms with Crippen LogP contribution in [0.15, 0.2) is 30.0 Å². The molecule has 2 N–H and O–H groups in total. The van der Waals surface area contributed by atoms with E-state index < -0.39 is 8.60 Å². The number of likely N-dealkylation sites (N-methyl/N-ethyl adjacent to an activating group) is 1. The van der Waals surface area contributed by atoms with Gasteiger partial charge in [-0.15, -0.1) is 0 Å². The molecule has 24 heavy (non-hydrogen) atoms. The van der Waals surface area contributed by atoms with Gasteiger partial charge in [-0.2, -0.15) is 0 Å². The fraction of sp³-hybridized carbons (Fsp3) is 0.529. The number of methoxy groups -OCH3 is 2. The van der Waals surface area contributed by atoms with Gasteiger partial charge < -0.3 is 23.8 Å². The molecular formula is C17H24NO5P. The van der Waals surface area contributed by atoms with E-state index in [1.807, 2.05) is 12.1 Å². The van der Waals surface area contributed by atoms with Gasteiger partial charge in [-0.25, -0.2) is 0 Å². The Kier molecular flexibility index (Phi) is 5.02. The molecule has 1 aromatic rings. The molecule has 3 rings (SSSR count). The third kappa shape index (κ3) is 3.00. The van der Waals surface area contributed by atoms with Gasteiger partial charge in [0.25, 0.3) is 0 Å². The maximum absolute atomic E-state index is 9.13. The Hall–Kier alpha value is -1.33. The minimum absolute atomic E-state index is 0.0190. The van der Waals surface area contributed by atoms with Gasteiger partial charge in [0.15, 0.2) is 11.5 Å². The Labute approximate surface area is 143 Å². The van der Waals surface area contributed by atoms with Crippen molar-refractivity contribution in [3.8, 4) is 11.5 Å². The summed E-state index contributed by atoms with van der Waals surface area (Å²) >= 11 is 0. The molecule has 2 aliphatic rings. The Bertz CT molecular complexity index is 635. The third-order valence-corrected chi connectivity index (χ3v) is 5.67. The van der Waals surface area contributed by atoms with Crippen LogP contribution in [0.1, 0.15) is 24.8 Å². The zero-order chi connectivity index (χ0) is 17.3. The number of nitrogens with zero attached hydrogens (tertiary/aromatic N) is 1. The van der Waals surface area contributed by atoms with Crippen molar-refractivity contribution in [1.82, 2.24) is 4.90 Å². The minimum Gasteiger partial charge on any atom is -0.493 e. The summed E-state index contributed by atoms with van der Waals surface area (Å²) < 4.78 is 16.0. The molecule has 0 saturated carbocycles. The van der Waals surface area contributed by atoms with E-state index in [2.05, 4.69) is 24.1 Å². The van der Waals surface area contributed by atoms with Crippen molar-refractivity contribution in [3.63, 3.8) is 0 Å². The van der Waals surface area contributed by atoms with Gasteiger partial charge in [-0.05, 0) is 50.2 Å². The molecule has 0 bridgehead atoms. The van der Waals surface area contributed by atoms with E-state index in [9.17, 15) is 0 Å². The Morgan fingerprint density at radius 3 is 2.58 bits per heavy atom. The van der Waals surface area contributed by atoms with Crippen molar-refractivity contribution in [2.45, 2.75) is 30.7 Å². The second-order valence-corrected chi connectivity index (χ2v) is 7.07. The quantitative estimate of drug-likeness (QED) is 0.793. The molecule has 1 heterocycles. The van der Waals surface area contributed by atoms with Gasteiger partial charge in [-0.3, -0.25) is 4.90 Å². The molecule has 132 valence electrons. The Morgan fingerprint density at radius 1 is 1.17 bits per heavy atom. The van der Waals surface area contributed by atoms with Gasteiger partial charge in [0.1, 0.15) is 5.76 Å². The number of ether oxygens (including phenoxy) is 2. The fourth-order valence-corrected chi connectivity index (χ4v) is 4.40. The van der Waals surface area contributed by atoms with E-state index >= 15 is 0 Å². The monoisotopic (exact) mass is 353 g/mol. The SMILES string of the molecule is COc1ccc(C23CCC(OP(O)O)=CC2N(C)CC3)cc1OC. The molecule has 2 unspecified atom stereocenters. The van der Waals surface area contributed by atoms with E-state index in [0.717, 1.165) is 30.9 Å². The first kappa shape index (κ1) is 17.5. The average Bonchev–Trinajstić information content (AvgIpc) is 2.91. The van der Waals surface area contributed by atoms with Crippen LogP contribution in [-0.2, 0) is 9.94 Å². The summed E-state index contributed by atoms with van der Waals surface area (Å²) in [4.78, 5) is 20.6. The molecular weight excluding hydrogens is 329 g/mol. The number of hydrogen-bond acceptors (Lipinski definition) is 6. The lowest BCUT2D eigenvalue weighted by Gasteiger charge is -2.40. The maximum atomic E-state index is 9.13. The van der Waals surface area contributed by atoms with Crippen LogP contribution >= 0.6 is 8.60 Å². The molecule has 1 aliphatic carbocycles. The van der Waals surface area contributed by atoms with Crippen LogP contribution in [0.2, 0.25) is 0 Å². The number of fused-ring (bicyclic) bond motifs is 1. The van der Waals surface area contributed by atoms with Crippen molar-refractivity contribution in [1.29, 1.82) is 0 Å². The summed E-state index contributed by atoms with van der Waals surface area (Å²) in [6, 6.07) is 6.29.